The Labute approximate surface area is 213 Å². The first-order valence-corrected chi connectivity index (χ1v) is 13.8. The predicted molar refractivity (Wildman–Crippen MR) is 139 cm³/mol. The molecule has 3 N–H and O–H groups in total. The zero-order chi connectivity index (χ0) is 26.0. The van der Waals surface area contributed by atoms with Crippen molar-refractivity contribution in [2.24, 2.45) is 16.5 Å². The van der Waals surface area contributed by atoms with Crippen molar-refractivity contribution in [3.8, 4) is 0 Å². The third-order valence-corrected chi connectivity index (χ3v) is 7.58. The molecule has 2 atom stereocenters. The molecule has 7 nitrogen and oxygen atoms in total. The first kappa shape index (κ1) is 27.2. The molecule has 2 unspecified atom stereocenters. The Morgan fingerprint density at radius 1 is 1.17 bits per heavy atom. The third-order valence-electron chi connectivity index (χ3n) is 6.59. The molecule has 0 aliphatic carbocycles. The first-order chi connectivity index (χ1) is 16.3. The number of sulfonamides is 1. The predicted octanol–water partition coefficient (Wildman–Crippen LogP) is 3.93. The molecular formula is C26H34ClN3O4S. The van der Waals surface area contributed by atoms with Crippen LogP contribution in [0.1, 0.15) is 61.5 Å². The molecule has 9 heteroatoms. The lowest BCUT2D eigenvalue weighted by atomic mass is 9.70. The maximum atomic E-state index is 13.5. The summed E-state index contributed by atoms with van der Waals surface area (Å²) in [5.74, 6) is -0.743. The van der Waals surface area contributed by atoms with E-state index in [1.54, 1.807) is 18.2 Å². The van der Waals surface area contributed by atoms with Gasteiger partial charge in [-0.15, -0.1) is 0 Å². The van der Waals surface area contributed by atoms with Gasteiger partial charge in [0.1, 0.15) is 6.04 Å². The van der Waals surface area contributed by atoms with Gasteiger partial charge in [-0.1, -0.05) is 63.6 Å². The monoisotopic (exact) mass is 519 g/mol. The molecule has 1 aliphatic rings. The molecule has 2 aromatic carbocycles. The first-order valence-electron chi connectivity index (χ1n) is 11.7. The number of hydrogen-bond acceptors (Lipinski definition) is 4. The van der Waals surface area contributed by atoms with Crippen molar-refractivity contribution in [2.45, 2.75) is 51.8 Å². The second-order valence-corrected chi connectivity index (χ2v) is 12.4. The van der Waals surface area contributed by atoms with Crippen LogP contribution in [0.5, 0.6) is 0 Å². The van der Waals surface area contributed by atoms with Crippen LogP contribution in [0.3, 0.4) is 0 Å². The van der Waals surface area contributed by atoms with Crippen LogP contribution < -0.4 is 10.5 Å². The van der Waals surface area contributed by atoms with Crippen LogP contribution in [0.4, 0.5) is 0 Å². The van der Waals surface area contributed by atoms with Gasteiger partial charge in [0.25, 0.3) is 5.91 Å². The summed E-state index contributed by atoms with van der Waals surface area (Å²) in [5, 5.41) is 8.70. The van der Waals surface area contributed by atoms with Crippen LogP contribution in [-0.4, -0.2) is 44.3 Å². The fourth-order valence-corrected chi connectivity index (χ4v) is 5.60. The summed E-state index contributed by atoms with van der Waals surface area (Å²) in [6, 6.07) is 13.5. The SMILES string of the molecule is CC(C)C(NC(=O)c1cccc(CS(N)(=O)=O)c1)C(=O)N1CCC(c2ccc(Cl)cc2)C(C)(C)C1. The Kier molecular flexibility index (Phi) is 8.29. The Hall–Kier alpha value is -2.42. The Balaban J connectivity index is 1.73. The smallest absolute Gasteiger partial charge is 0.251 e. The lowest BCUT2D eigenvalue weighted by molar-refractivity contribution is -0.137. The van der Waals surface area contributed by atoms with E-state index in [2.05, 4.69) is 19.2 Å². The Morgan fingerprint density at radius 3 is 2.40 bits per heavy atom. The van der Waals surface area contributed by atoms with Crippen molar-refractivity contribution in [2.75, 3.05) is 13.1 Å². The number of amides is 2. The summed E-state index contributed by atoms with van der Waals surface area (Å²) in [6.45, 7) is 9.27. The zero-order valence-corrected chi connectivity index (χ0v) is 22.2. The molecule has 1 heterocycles. The highest BCUT2D eigenvalue weighted by Crippen LogP contribution is 2.42. The molecular weight excluding hydrogens is 486 g/mol. The van der Waals surface area contributed by atoms with E-state index < -0.39 is 22.0 Å². The number of carbonyl (C=O) groups excluding carboxylic acids is 2. The minimum atomic E-state index is -3.72. The largest absolute Gasteiger partial charge is 0.340 e. The number of halogens is 1. The van der Waals surface area contributed by atoms with Gasteiger partial charge in [0, 0.05) is 23.7 Å². The van der Waals surface area contributed by atoms with Gasteiger partial charge in [0.15, 0.2) is 0 Å². The summed E-state index contributed by atoms with van der Waals surface area (Å²) in [4.78, 5) is 28.4. The van der Waals surface area contributed by atoms with Gasteiger partial charge in [-0.2, -0.15) is 0 Å². The molecule has 0 saturated carbocycles. The number of nitrogens with two attached hydrogens (primary N) is 1. The van der Waals surface area contributed by atoms with Crippen molar-refractivity contribution in [1.29, 1.82) is 0 Å². The van der Waals surface area contributed by atoms with Gasteiger partial charge in [-0.3, -0.25) is 9.59 Å². The molecule has 1 saturated heterocycles. The van der Waals surface area contributed by atoms with E-state index in [0.717, 1.165) is 6.42 Å². The van der Waals surface area contributed by atoms with Crippen LogP contribution in [0, 0.1) is 11.3 Å². The highest BCUT2D eigenvalue weighted by molar-refractivity contribution is 7.88. The maximum Gasteiger partial charge on any atom is 0.251 e. The standard InChI is InChI=1S/C26H34ClN3O4S/c1-17(2)23(29-24(31)20-7-5-6-18(14-20)15-35(28,33)34)25(32)30-13-12-22(26(3,4)16-30)19-8-10-21(27)11-9-19/h5-11,14,17,22-23H,12-13,15-16H2,1-4H3,(H,29,31)(H2,28,33,34). The minimum Gasteiger partial charge on any atom is -0.340 e. The van der Waals surface area contributed by atoms with Crippen molar-refractivity contribution < 1.29 is 18.0 Å². The molecule has 35 heavy (non-hydrogen) atoms. The Morgan fingerprint density at radius 2 is 1.83 bits per heavy atom. The molecule has 0 spiro atoms. The molecule has 0 bridgehead atoms. The summed E-state index contributed by atoms with van der Waals surface area (Å²) in [6.07, 6.45) is 0.814. The highest BCUT2D eigenvalue weighted by Gasteiger charge is 2.40. The van der Waals surface area contributed by atoms with Crippen LogP contribution >= 0.6 is 11.6 Å². The van der Waals surface area contributed by atoms with E-state index in [1.165, 1.54) is 11.6 Å². The molecule has 190 valence electrons. The molecule has 2 aromatic rings. The minimum absolute atomic E-state index is 0.114. The lowest BCUT2D eigenvalue weighted by Gasteiger charge is -2.45. The van der Waals surface area contributed by atoms with Gasteiger partial charge in [-0.05, 0) is 59.1 Å². The van der Waals surface area contributed by atoms with Crippen molar-refractivity contribution in [3.05, 3.63) is 70.2 Å². The topological polar surface area (TPSA) is 110 Å². The normalized spacial score (nSPS) is 18.8. The molecule has 0 aromatic heterocycles. The molecule has 1 fully saturated rings. The second-order valence-electron chi connectivity index (χ2n) is 10.3. The van der Waals surface area contributed by atoms with Crippen molar-refractivity contribution in [1.82, 2.24) is 10.2 Å². The summed E-state index contributed by atoms with van der Waals surface area (Å²) in [5.41, 5.74) is 1.75. The number of carbonyl (C=O) groups is 2. The van der Waals surface area contributed by atoms with Crippen LogP contribution in [0.15, 0.2) is 48.5 Å². The zero-order valence-electron chi connectivity index (χ0n) is 20.6. The molecule has 0 radical (unpaired) electrons. The number of rotatable bonds is 7. The highest BCUT2D eigenvalue weighted by atomic mass is 35.5. The number of nitrogens with one attached hydrogen (secondary N) is 1. The van der Waals surface area contributed by atoms with Crippen LogP contribution in [-0.2, 0) is 20.6 Å². The molecule has 2 amide bonds. The number of hydrogen-bond donors (Lipinski definition) is 2. The number of piperidine rings is 1. The third kappa shape index (κ3) is 7.06. The number of primary sulfonamides is 1. The number of likely N-dealkylation sites (tertiary alicyclic amines) is 1. The van der Waals surface area contributed by atoms with Gasteiger partial charge < -0.3 is 10.2 Å². The van der Waals surface area contributed by atoms with Gasteiger partial charge >= 0.3 is 0 Å². The molecule has 1 aliphatic heterocycles. The van der Waals surface area contributed by atoms with Crippen molar-refractivity contribution in [3.63, 3.8) is 0 Å². The van der Waals surface area contributed by atoms with E-state index in [0.29, 0.717) is 23.7 Å². The fourth-order valence-electron chi connectivity index (χ4n) is 4.83. The number of benzene rings is 2. The quantitative estimate of drug-likeness (QED) is 0.577. The van der Waals surface area contributed by atoms with E-state index in [-0.39, 0.29) is 34.5 Å². The summed E-state index contributed by atoms with van der Waals surface area (Å²) < 4.78 is 22.8. The fraction of sp³-hybridized carbons (Fsp3) is 0.462. The van der Waals surface area contributed by atoms with Gasteiger partial charge in [0.2, 0.25) is 15.9 Å². The van der Waals surface area contributed by atoms with E-state index in [4.69, 9.17) is 16.7 Å². The maximum absolute atomic E-state index is 13.5. The van der Waals surface area contributed by atoms with E-state index in [9.17, 15) is 18.0 Å². The summed E-state index contributed by atoms with van der Waals surface area (Å²) in [7, 11) is -3.72. The molecule has 3 rings (SSSR count). The van der Waals surface area contributed by atoms with Crippen molar-refractivity contribution >= 4 is 33.4 Å². The average molecular weight is 520 g/mol. The van der Waals surface area contributed by atoms with Gasteiger partial charge in [-0.25, -0.2) is 13.6 Å². The van der Waals surface area contributed by atoms with Crippen LogP contribution in [0.2, 0.25) is 5.02 Å². The number of nitrogens with zero attached hydrogens (tertiary/aromatic N) is 1. The van der Waals surface area contributed by atoms with Gasteiger partial charge in [0.05, 0.1) is 5.75 Å². The lowest BCUT2D eigenvalue weighted by Crippen LogP contribution is -2.55. The van der Waals surface area contributed by atoms with Crippen LogP contribution in [0.25, 0.3) is 0 Å². The second kappa shape index (κ2) is 10.7. The van der Waals surface area contributed by atoms with E-state index >= 15 is 0 Å². The average Bonchev–Trinajstić information content (AvgIpc) is 2.76. The Bertz CT molecular complexity index is 1180. The summed E-state index contributed by atoms with van der Waals surface area (Å²) >= 11 is 6.05. The van der Waals surface area contributed by atoms with E-state index in [1.807, 2.05) is 43.0 Å².